The summed E-state index contributed by atoms with van der Waals surface area (Å²) in [5.41, 5.74) is 0.470. The highest BCUT2D eigenvalue weighted by atomic mass is 15.3. The van der Waals surface area contributed by atoms with E-state index in [9.17, 15) is 0 Å². The zero-order chi connectivity index (χ0) is 12.5. The molecule has 2 heteroatoms. The maximum absolute atomic E-state index is 3.89. The van der Waals surface area contributed by atoms with Gasteiger partial charge in [0.2, 0.25) is 0 Å². The zero-order valence-corrected chi connectivity index (χ0v) is 12.1. The third-order valence-corrected chi connectivity index (χ3v) is 4.63. The first kappa shape index (κ1) is 13.4. The molecule has 1 heterocycles. The molecule has 1 N–H and O–H groups in total. The first-order valence-electron chi connectivity index (χ1n) is 7.53. The molecule has 2 nitrogen and oxygen atoms in total. The van der Waals surface area contributed by atoms with Crippen molar-refractivity contribution in [3.63, 3.8) is 0 Å². The van der Waals surface area contributed by atoms with Crippen molar-refractivity contribution in [3.8, 4) is 0 Å². The molecule has 1 aliphatic heterocycles. The van der Waals surface area contributed by atoms with E-state index in [1.165, 1.54) is 45.2 Å². The molecular weight excluding hydrogens is 208 g/mol. The van der Waals surface area contributed by atoms with Gasteiger partial charge in [-0.2, -0.15) is 0 Å². The summed E-state index contributed by atoms with van der Waals surface area (Å²) >= 11 is 0. The number of hydrogen-bond acceptors (Lipinski definition) is 2. The minimum absolute atomic E-state index is 0.470. The van der Waals surface area contributed by atoms with Gasteiger partial charge in [0.15, 0.2) is 0 Å². The zero-order valence-electron chi connectivity index (χ0n) is 12.1. The third kappa shape index (κ3) is 3.03. The normalized spacial score (nSPS) is 29.6. The van der Waals surface area contributed by atoms with Crippen molar-refractivity contribution in [2.24, 2.45) is 5.92 Å². The summed E-state index contributed by atoms with van der Waals surface area (Å²) < 4.78 is 0. The van der Waals surface area contributed by atoms with Crippen molar-refractivity contribution < 1.29 is 0 Å². The average Bonchev–Trinajstić information content (AvgIpc) is 2.69. The molecule has 2 fully saturated rings. The Bertz CT molecular complexity index is 241. The fourth-order valence-corrected chi connectivity index (χ4v) is 3.74. The Balaban J connectivity index is 2.02. The smallest absolute Gasteiger partial charge is 0.0309 e. The van der Waals surface area contributed by atoms with Crippen molar-refractivity contribution in [1.82, 2.24) is 10.2 Å². The van der Waals surface area contributed by atoms with Crippen molar-refractivity contribution in [2.45, 2.75) is 77.4 Å². The number of nitrogens with zero attached hydrogens (tertiary/aromatic N) is 1. The van der Waals surface area contributed by atoms with Gasteiger partial charge in [-0.25, -0.2) is 0 Å². The van der Waals surface area contributed by atoms with E-state index in [1.807, 2.05) is 0 Å². The predicted molar refractivity (Wildman–Crippen MR) is 74.3 cm³/mol. The SMILES string of the molecule is CC(C)CC1CNC2(CCCC2)CN1C(C)C. The largest absolute Gasteiger partial charge is 0.308 e. The highest BCUT2D eigenvalue weighted by Gasteiger charge is 2.41. The number of hydrogen-bond donors (Lipinski definition) is 1. The van der Waals surface area contributed by atoms with Gasteiger partial charge in [-0.1, -0.05) is 26.7 Å². The molecule has 1 aliphatic carbocycles. The lowest BCUT2D eigenvalue weighted by molar-refractivity contribution is 0.0448. The van der Waals surface area contributed by atoms with Gasteiger partial charge in [0, 0.05) is 30.7 Å². The van der Waals surface area contributed by atoms with E-state index in [-0.39, 0.29) is 0 Å². The highest BCUT2D eigenvalue weighted by Crippen LogP contribution is 2.34. The summed E-state index contributed by atoms with van der Waals surface area (Å²) in [5, 5.41) is 3.89. The van der Waals surface area contributed by atoms with Crippen molar-refractivity contribution in [3.05, 3.63) is 0 Å². The Morgan fingerprint density at radius 3 is 2.35 bits per heavy atom. The number of piperazine rings is 1. The van der Waals surface area contributed by atoms with E-state index in [2.05, 4.69) is 37.9 Å². The molecule has 2 aliphatic rings. The van der Waals surface area contributed by atoms with E-state index >= 15 is 0 Å². The highest BCUT2D eigenvalue weighted by molar-refractivity contribution is 5.01. The standard InChI is InChI=1S/C15H30N2/c1-12(2)9-14-10-16-15(7-5-6-8-15)11-17(14)13(3)4/h12-14,16H,5-11H2,1-4H3. The van der Waals surface area contributed by atoms with Crippen LogP contribution in [-0.2, 0) is 0 Å². The first-order chi connectivity index (χ1) is 8.02. The van der Waals surface area contributed by atoms with Gasteiger partial charge in [0.1, 0.15) is 0 Å². The Labute approximate surface area is 107 Å². The molecule has 0 amide bonds. The number of rotatable bonds is 3. The first-order valence-corrected chi connectivity index (χ1v) is 7.53. The fourth-order valence-electron chi connectivity index (χ4n) is 3.74. The quantitative estimate of drug-likeness (QED) is 0.813. The van der Waals surface area contributed by atoms with Crippen LogP contribution in [0.3, 0.4) is 0 Å². The maximum Gasteiger partial charge on any atom is 0.0309 e. The van der Waals surface area contributed by atoms with E-state index in [4.69, 9.17) is 0 Å². The summed E-state index contributed by atoms with van der Waals surface area (Å²) in [5.74, 6) is 0.806. The minimum Gasteiger partial charge on any atom is -0.308 e. The molecule has 1 spiro atoms. The number of nitrogens with one attached hydrogen (secondary N) is 1. The lowest BCUT2D eigenvalue weighted by Crippen LogP contribution is -2.64. The minimum atomic E-state index is 0.470. The summed E-state index contributed by atoms with van der Waals surface area (Å²) in [6.07, 6.45) is 6.97. The van der Waals surface area contributed by atoms with Crippen LogP contribution < -0.4 is 5.32 Å². The van der Waals surface area contributed by atoms with Crippen LogP contribution in [0.25, 0.3) is 0 Å². The topological polar surface area (TPSA) is 15.3 Å². The maximum atomic E-state index is 3.89. The van der Waals surface area contributed by atoms with Gasteiger partial charge in [0.05, 0.1) is 0 Å². The van der Waals surface area contributed by atoms with Crippen LogP contribution in [0.2, 0.25) is 0 Å². The van der Waals surface area contributed by atoms with Gasteiger partial charge >= 0.3 is 0 Å². The second-order valence-electron chi connectivity index (χ2n) is 6.92. The molecule has 2 rings (SSSR count). The molecule has 0 aromatic rings. The van der Waals surface area contributed by atoms with Crippen LogP contribution in [0.4, 0.5) is 0 Å². The van der Waals surface area contributed by atoms with E-state index in [1.54, 1.807) is 0 Å². The molecule has 1 saturated carbocycles. The molecule has 100 valence electrons. The van der Waals surface area contributed by atoms with Crippen molar-refractivity contribution in [1.29, 1.82) is 0 Å². The van der Waals surface area contributed by atoms with Gasteiger partial charge in [-0.05, 0) is 39.0 Å². The fraction of sp³-hybridized carbons (Fsp3) is 1.00. The molecule has 1 atom stereocenters. The Kier molecular flexibility index (Phi) is 4.14. The summed E-state index contributed by atoms with van der Waals surface area (Å²) in [6.45, 7) is 11.9. The van der Waals surface area contributed by atoms with Crippen molar-refractivity contribution >= 4 is 0 Å². The third-order valence-electron chi connectivity index (χ3n) is 4.63. The second-order valence-corrected chi connectivity index (χ2v) is 6.92. The van der Waals surface area contributed by atoms with Gasteiger partial charge in [-0.15, -0.1) is 0 Å². The van der Waals surface area contributed by atoms with Crippen LogP contribution in [0.15, 0.2) is 0 Å². The van der Waals surface area contributed by atoms with Crippen LogP contribution in [0.5, 0.6) is 0 Å². The molecule has 0 aromatic heterocycles. The second kappa shape index (κ2) is 5.27. The monoisotopic (exact) mass is 238 g/mol. The summed E-state index contributed by atoms with van der Waals surface area (Å²) in [7, 11) is 0. The van der Waals surface area contributed by atoms with Gasteiger partial charge < -0.3 is 5.32 Å². The Morgan fingerprint density at radius 2 is 1.82 bits per heavy atom. The van der Waals surface area contributed by atoms with Crippen LogP contribution in [0, 0.1) is 5.92 Å². The van der Waals surface area contributed by atoms with Gasteiger partial charge in [-0.3, -0.25) is 4.90 Å². The molecule has 0 radical (unpaired) electrons. The molecule has 1 unspecified atom stereocenters. The molecule has 0 bridgehead atoms. The van der Waals surface area contributed by atoms with E-state index in [0.717, 1.165) is 12.0 Å². The average molecular weight is 238 g/mol. The van der Waals surface area contributed by atoms with E-state index in [0.29, 0.717) is 11.6 Å². The lowest BCUT2D eigenvalue weighted by Gasteiger charge is -2.48. The molecule has 17 heavy (non-hydrogen) atoms. The van der Waals surface area contributed by atoms with Crippen LogP contribution in [-0.4, -0.2) is 35.6 Å². The predicted octanol–water partition coefficient (Wildman–Crippen LogP) is 3.03. The Morgan fingerprint density at radius 1 is 1.18 bits per heavy atom. The van der Waals surface area contributed by atoms with E-state index < -0.39 is 0 Å². The van der Waals surface area contributed by atoms with Gasteiger partial charge in [0.25, 0.3) is 0 Å². The van der Waals surface area contributed by atoms with Crippen LogP contribution in [0.1, 0.15) is 59.8 Å². The summed E-state index contributed by atoms with van der Waals surface area (Å²) in [4.78, 5) is 2.77. The van der Waals surface area contributed by atoms with Crippen LogP contribution >= 0.6 is 0 Å². The molecular formula is C15H30N2. The van der Waals surface area contributed by atoms with Crippen molar-refractivity contribution in [2.75, 3.05) is 13.1 Å². The molecule has 1 saturated heterocycles. The summed E-state index contributed by atoms with van der Waals surface area (Å²) in [6, 6.07) is 1.44. The molecule has 0 aromatic carbocycles. The Hall–Kier alpha value is -0.0800. The lowest BCUT2D eigenvalue weighted by atomic mass is 9.89.